The van der Waals surface area contributed by atoms with Crippen LogP contribution in [0, 0.1) is 17.6 Å². The molecule has 0 spiro atoms. The van der Waals surface area contributed by atoms with E-state index in [0.717, 1.165) is 6.07 Å². The number of carbonyl (C=O) groups excluding carboxylic acids is 2. The second kappa shape index (κ2) is 6.85. The SMILES string of the molecule is CC1CCC(C(N)=O)CN1C(=O)CCc1cccc(F)c1F. The number of likely N-dealkylation sites (tertiary alicyclic amines) is 1. The molecular weight excluding hydrogens is 290 g/mol. The first-order valence-corrected chi connectivity index (χ1v) is 7.41. The topological polar surface area (TPSA) is 63.4 Å². The highest BCUT2D eigenvalue weighted by Gasteiger charge is 2.31. The molecule has 1 heterocycles. The molecule has 2 atom stereocenters. The van der Waals surface area contributed by atoms with Gasteiger partial charge in [0.2, 0.25) is 11.8 Å². The van der Waals surface area contributed by atoms with E-state index in [1.54, 1.807) is 4.90 Å². The maximum Gasteiger partial charge on any atom is 0.223 e. The van der Waals surface area contributed by atoms with E-state index in [4.69, 9.17) is 5.73 Å². The van der Waals surface area contributed by atoms with Crippen molar-refractivity contribution in [1.82, 2.24) is 4.90 Å². The first-order chi connectivity index (χ1) is 10.4. The van der Waals surface area contributed by atoms with Crippen LogP contribution in [0.1, 0.15) is 31.7 Å². The number of amides is 2. The van der Waals surface area contributed by atoms with Gasteiger partial charge in [-0.15, -0.1) is 0 Å². The second-order valence-corrected chi connectivity index (χ2v) is 5.78. The number of benzene rings is 1. The summed E-state index contributed by atoms with van der Waals surface area (Å²) in [6.45, 7) is 2.22. The fourth-order valence-corrected chi connectivity index (χ4v) is 2.81. The van der Waals surface area contributed by atoms with Crippen LogP contribution in [0.15, 0.2) is 18.2 Å². The molecule has 1 saturated heterocycles. The predicted molar refractivity (Wildman–Crippen MR) is 77.8 cm³/mol. The molecule has 0 aliphatic carbocycles. The fourth-order valence-electron chi connectivity index (χ4n) is 2.81. The average molecular weight is 310 g/mol. The van der Waals surface area contributed by atoms with Crippen molar-refractivity contribution < 1.29 is 18.4 Å². The molecule has 0 bridgehead atoms. The van der Waals surface area contributed by atoms with Gasteiger partial charge in [-0.25, -0.2) is 8.78 Å². The lowest BCUT2D eigenvalue weighted by Gasteiger charge is -2.37. The Kier molecular flexibility index (Phi) is 5.11. The Hall–Kier alpha value is -1.98. The lowest BCUT2D eigenvalue weighted by Crippen LogP contribution is -2.48. The third kappa shape index (κ3) is 3.61. The van der Waals surface area contributed by atoms with Gasteiger partial charge in [-0.2, -0.15) is 0 Å². The van der Waals surface area contributed by atoms with Crippen LogP contribution >= 0.6 is 0 Å². The van der Waals surface area contributed by atoms with E-state index >= 15 is 0 Å². The summed E-state index contributed by atoms with van der Waals surface area (Å²) in [4.78, 5) is 25.2. The zero-order valence-corrected chi connectivity index (χ0v) is 12.5. The summed E-state index contributed by atoms with van der Waals surface area (Å²) in [6, 6.07) is 3.97. The zero-order chi connectivity index (χ0) is 16.3. The molecule has 1 aliphatic rings. The van der Waals surface area contributed by atoms with Crippen LogP contribution in [-0.2, 0) is 16.0 Å². The minimum Gasteiger partial charge on any atom is -0.369 e. The van der Waals surface area contributed by atoms with E-state index in [9.17, 15) is 18.4 Å². The predicted octanol–water partition coefficient (Wildman–Crippen LogP) is 2.01. The Bertz CT molecular complexity index is 577. The summed E-state index contributed by atoms with van der Waals surface area (Å²) in [5, 5.41) is 0. The van der Waals surface area contributed by atoms with Crippen LogP contribution < -0.4 is 5.73 Å². The lowest BCUT2D eigenvalue weighted by molar-refractivity contribution is -0.137. The second-order valence-electron chi connectivity index (χ2n) is 5.78. The van der Waals surface area contributed by atoms with Crippen molar-refractivity contribution >= 4 is 11.8 Å². The Balaban J connectivity index is 1.99. The first-order valence-electron chi connectivity index (χ1n) is 7.41. The van der Waals surface area contributed by atoms with Crippen LogP contribution in [0.5, 0.6) is 0 Å². The molecule has 22 heavy (non-hydrogen) atoms. The number of hydrogen-bond donors (Lipinski definition) is 1. The number of rotatable bonds is 4. The van der Waals surface area contributed by atoms with E-state index in [1.165, 1.54) is 12.1 Å². The number of nitrogens with two attached hydrogens (primary N) is 1. The van der Waals surface area contributed by atoms with E-state index in [2.05, 4.69) is 0 Å². The fraction of sp³-hybridized carbons (Fsp3) is 0.500. The molecule has 6 heteroatoms. The monoisotopic (exact) mass is 310 g/mol. The van der Waals surface area contributed by atoms with Crippen LogP contribution in [0.2, 0.25) is 0 Å². The molecule has 4 nitrogen and oxygen atoms in total. The minimum atomic E-state index is -0.912. The third-order valence-corrected chi connectivity index (χ3v) is 4.24. The number of hydrogen-bond acceptors (Lipinski definition) is 2. The van der Waals surface area contributed by atoms with Gasteiger partial charge < -0.3 is 10.6 Å². The largest absolute Gasteiger partial charge is 0.369 e. The van der Waals surface area contributed by atoms with Crippen LogP contribution in [0.3, 0.4) is 0 Å². The molecule has 1 aromatic rings. The summed E-state index contributed by atoms with van der Waals surface area (Å²) in [7, 11) is 0. The van der Waals surface area contributed by atoms with Crippen LogP contribution in [-0.4, -0.2) is 29.3 Å². The van der Waals surface area contributed by atoms with Gasteiger partial charge in [-0.3, -0.25) is 9.59 Å². The third-order valence-electron chi connectivity index (χ3n) is 4.24. The summed E-state index contributed by atoms with van der Waals surface area (Å²) in [6.07, 6.45) is 1.61. The number of halogens is 2. The molecule has 2 amide bonds. The highest BCUT2D eigenvalue weighted by Crippen LogP contribution is 2.23. The van der Waals surface area contributed by atoms with Gasteiger partial charge in [0.1, 0.15) is 0 Å². The molecule has 1 aromatic carbocycles. The maximum atomic E-state index is 13.6. The Morgan fingerprint density at radius 3 is 2.73 bits per heavy atom. The quantitative estimate of drug-likeness (QED) is 0.924. The van der Waals surface area contributed by atoms with Crippen molar-refractivity contribution in [2.75, 3.05) is 6.54 Å². The Labute approximate surface area is 128 Å². The van der Waals surface area contributed by atoms with Crippen molar-refractivity contribution in [3.05, 3.63) is 35.4 Å². The highest BCUT2D eigenvalue weighted by molar-refractivity contribution is 5.80. The van der Waals surface area contributed by atoms with Gasteiger partial charge in [0.25, 0.3) is 0 Å². The van der Waals surface area contributed by atoms with E-state index in [0.29, 0.717) is 19.4 Å². The van der Waals surface area contributed by atoms with E-state index in [-0.39, 0.29) is 36.3 Å². The molecule has 2 N–H and O–H groups in total. The molecule has 0 radical (unpaired) electrons. The number of aryl methyl sites for hydroxylation is 1. The highest BCUT2D eigenvalue weighted by atomic mass is 19.2. The Morgan fingerprint density at radius 1 is 1.32 bits per heavy atom. The number of nitrogens with zero attached hydrogens (tertiary/aromatic N) is 1. The lowest BCUT2D eigenvalue weighted by atomic mass is 9.92. The van der Waals surface area contributed by atoms with Crippen LogP contribution in [0.25, 0.3) is 0 Å². The van der Waals surface area contributed by atoms with Gasteiger partial charge in [0.15, 0.2) is 11.6 Å². The smallest absolute Gasteiger partial charge is 0.223 e. The molecule has 0 saturated carbocycles. The number of primary amides is 1. The normalized spacial score (nSPS) is 21.7. The maximum absolute atomic E-state index is 13.6. The number of carbonyl (C=O) groups is 2. The minimum absolute atomic E-state index is 0.0282. The van der Waals surface area contributed by atoms with E-state index in [1.807, 2.05) is 6.92 Å². The van der Waals surface area contributed by atoms with Crippen molar-refractivity contribution in [3.63, 3.8) is 0 Å². The molecule has 0 aromatic heterocycles. The summed E-state index contributed by atoms with van der Waals surface area (Å²) < 4.78 is 26.7. The van der Waals surface area contributed by atoms with Crippen molar-refractivity contribution in [2.24, 2.45) is 11.7 Å². The molecule has 1 aliphatic heterocycles. The first kappa shape index (κ1) is 16.4. The van der Waals surface area contributed by atoms with Crippen LogP contribution in [0.4, 0.5) is 8.78 Å². The van der Waals surface area contributed by atoms with E-state index < -0.39 is 17.5 Å². The molecule has 120 valence electrons. The van der Waals surface area contributed by atoms with Crippen molar-refractivity contribution in [2.45, 2.75) is 38.6 Å². The summed E-state index contributed by atoms with van der Waals surface area (Å²) in [5.74, 6) is -2.71. The Morgan fingerprint density at radius 2 is 2.05 bits per heavy atom. The van der Waals surface area contributed by atoms with Gasteiger partial charge in [-0.1, -0.05) is 12.1 Å². The van der Waals surface area contributed by atoms with Gasteiger partial charge >= 0.3 is 0 Å². The number of piperidine rings is 1. The molecule has 2 rings (SSSR count). The molecule has 2 unspecified atom stereocenters. The molecule has 1 fully saturated rings. The van der Waals surface area contributed by atoms with Crippen molar-refractivity contribution in [1.29, 1.82) is 0 Å². The summed E-state index contributed by atoms with van der Waals surface area (Å²) >= 11 is 0. The van der Waals surface area contributed by atoms with Gasteiger partial charge in [0.05, 0.1) is 5.92 Å². The summed E-state index contributed by atoms with van der Waals surface area (Å²) in [5.41, 5.74) is 5.49. The van der Waals surface area contributed by atoms with Gasteiger partial charge in [0, 0.05) is 19.0 Å². The molecular formula is C16H20F2N2O2. The average Bonchev–Trinajstić information content (AvgIpc) is 2.48. The van der Waals surface area contributed by atoms with Gasteiger partial charge in [-0.05, 0) is 37.8 Å². The standard InChI is InChI=1S/C16H20F2N2O2/c1-10-5-6-12(16(19)22)9-20(10)14(21)8-7-11-3-2-4-13(17)15(11)18/h2-4,10,12H,5-9H2,1H3,(H2,19,22). The zero-order valence-electron chi connectivity index (χ0n) is 12.5. The van der Waals surface area contributed by atoms with Crippen molar-refractivity contribution in [3.8, 4) is 0 Å².